The van der Waals surface area contributed by atoms with E-state index in [1.807, 2.05) is 25.1 Å². The van der Waals surface area contributed by atoms with Crippen molar-refractivity contribution in [3.8, 4) is 11.1 Å². The van der Waals surface area contributed by atoms with Gasteiger partial charge in [-0.1, -0.05) is 13.0 Å². The van der Waals surface area contributed by atoms with Crippen molar-refractivity contribution in [1.29, 1.82) is 0 Å². The van der Waals surface area contributed by atoms with Gasteiger partial charge in [0, 0.05) is 17.9 Å². The lowest BCUT2D eigenvalue weighted by atomic mass is 9.95. The maximum atomic E-state index is 13.5. The lowest BCUT2D eigenvalue weighted by Crippen LogP contribution is -2.18. The van der Waals surface area contributed by atoms with Crippen LogP contribution < -0.4 is 5.32 Å². The minimum Gasteiger partial charge on any atom is -0.310 e. The Hall–Kier alpha value is -1.74. The van der Waals surface area contributed by atoms with E-state index in [1.54, 1.807) is 12.3 Å². The molecular formula is C16H19FN2. The second kappa shape index (κ2) is 5.93. The number of pyridine rings is 1. The molecule has 0 saturated heterocycles. The Morgan fingerprint density at radius 2 is 2.05 bits per heavy atom. The Bertz CT molecular complexity index is 566. The maximum Gasteiger partial charge on any atom is 0.123 e. The summed E-state index contributed by atoms with van der Waals surface area (Å²) in [6.07, 6.45) is 1.76. The fraction of sp³-hybridized carbons (Fsp3) is 0.312. The monoisotopic (exact) mass is 258 g/mol. The molecule has 2 nitrogen and oxygen atoms in total. The molecule has 100 valence electrons. The number of hydrogen-bond acceptors (Lipinski definition) is 2. The smallest absolute Gasteiger partial charge is 0.123 e. The Morgan fingerprint density at radius 1 is 1.26 bits per heavy atom. The molecule has 19 heavy (non-hydrogen) atoms. The second-order valence-corrected chi connectivity index (χ2v) is 4.70. The Kier molecular flexibility index (Phi) is 4.27. The number of halogens is 1. The van der Waals surface area contributed by atoms with Crippen molar-refractivity contribution in [1.82, 2.24) is 10.3 Å². The van der Waals surface area contributed by atoms with Crippen LogP contribution in [-0.2, 0) is 0 Å². The lowest BCUT2D eigenvalue weighted by Gasteiger charge is -2.17. The van der Waals surface area contributed by atoms with Gasteiger partial charge in [0.05, 0.1) is 0 Å². The minimum absolute atomic E-state index is 0.189. The number of nitrogens with one attached hydrogen (secondary N) is 1. The highest BCUT2D eigenvalue weighted by Gasteiger charge is 2.12. The van der Waals surface area contributed by atoms with Gasteiger partial charge >= 0.3 is 0 Å². The molecule has 1 atom stereocenters. The van der Waals surface area contributed by atoms with Crippen LogP contribution in [-0.4, -0.2) is 11.5 Å². The standard InChI is InChI=1S/C16H19FN2/c1-4-18-12(3)15-6-5-14(17)10-16(15)13-7-8-19-11(2)9-13/h5-10,12,18H,4H2,1-3H3. The molecule has 3 heteroatoms. The van der Waals surface area contributed by atoms with Gasteiger partial charge in [0.25, 0.3) is 0 Å². The third kappa shape index (κ3) is 3.18. The molecule has 0 aliphatic carbocycles. The van der Waals surface area contributed by atoms with Crippen LogP contribution in [0.1, 0.15) is 31.1 Å². The summed E-state index contributed by atoms with van der Waals surface area (Å²) >= 11 is 0. The number of aromatic nitrogens is 1. The summed E-state index contributed by atoms with van der Waals surface area (Å²) in [6, 6.07) is 9.06. The van der Waals surface area contributed by atoms with Gasteiger partial charge in [0.1, 0.15) is 5.82 Å². The first-order chi connectivity index (χ1) is 9.11. The number of rotatable bonds is 4. The number of nitrogens with zero attached hydrogens (tertiary/aromatic N) is 1. The topological polar surface area (TPSA) is 24.9 Å². The van der Waals surface area contributed by atoms with E-state index in [2.05, 4.69) is 24.1 Å². The van der Waals surface area contributed by atoms with Gasteiger partial charge in [-0.2, -0.15) is 0 Å². The van der Waals surface area contributed by atoms with E-state index in [9.17, 15) is 4.39 Å². The van der Waals surface area contributed by atoms with Gasteiger partial charge < -0.3 is 5.32 Å². The Labute approximate surface area is 113 Å². The molecule has 0 bridgehead atoms. The molecule has 0 amide bonds. The van der Waals surface area contributed by atoms with Gasteiger partial charge in [0.15, 0.2) is 0 Å². The van der Waals surface area contributed by atoms with Crippen molar-refractivity contribution < 1.29 is 4.39 Å². The molecule has 0 aliphatic heterocycles. The zero-order valence-electron chi connectivity index (χ0n) is 11.6. The first kappa shape index (κ1) is 13.7. The average Bonchev–Trinajstić information content (AvgIpc) is 2.39. The summed E-state index contributed by atoms with van der Waals surface area (Å²) in [6.45, 7) is 6.98. The molecule has 1 aromatic carbocycles. The summed E-state index contributed by atoms with van der Waals surface area (Å²) in [5.41, 5.74) is 3.98. The largest absolute Gasteiger partial charge is 0.310 e. The molecule has 1 N–H and O–H groups in total. The van der Waals surface area contributed by atoms with Gasteiger partial charge in [-0.3, -0.25) is 4.98 Å². The highest BCUT2D eigenvalue weighted by molar-refractivity contribution is 5.68. The van der Waals surface area contributed by atoms with Crippen LogP contribution >= 0.6 is 0 Å². The summed E-state index contributed by atoms with van der Waals surface area (Å²) in [7, 11) is 0. The first-order valence-electron chi connectivity index (χ1n) is 6.57. The van der Waals surface area contributed by atoms with Crippen LogP contribution in [0.5, 0.6) is 0 Å². The zero-order valence-corrected chi connectivity index (χ0v) is 11.6. The van der Waals surface area contributed by atoms with Crippen molar-refractivity contribution in [2.45, 2.75) is 26.8 Å². The van der Waals surface area contributed by atoms with Crippen molar-refractivity contribution in [2.75, 3.05) is 6.54 Å². The van der Waals surface area contributed by atoms with Crippen LogP contribution in [0.25, 0.3) is 11.1 Å². The molecule has 1 heterocycles. The molecule has 0 aliphatic rings. The molecular weight excluding hydrogens is 239 g/mol. The van der Waals surface area contributed by atoms with Crippen molar-refractivity contribution in [3.63, 3.8) is 0 Å². The van der Waals surface area contributed by atoms with E-state index < -0.39 is 0 Å². The quantitative estimate of drug-likeness (QED) is 0.900. The van der Waals surface area contributed by atoms with E-state index in [4.69, 9.17) is 0 Å². The van der Waals surface area contributed by atoms with E-state index in [0.717, 1.165) is 28.9 Å². The molecule has 1 aromatic heterocycles. The fourth-order valence-electron chi connectivity index (χ4n) is 2.29. The molecule has 1 unspecified atom stereocenters. The van der Waals surface area contributed by atoms with Crippen LogP contribution in [0.4, 0.5) is 4.39 Å². The summed E-state index contributed by atoms with van der Waals surface area (Å²) in [4.78, 5) is 4.19. The predicted molar refractivity (Wildman–Crippen MR) is 76.5 cm³/mol. The molecule has 0 saturated carbocycles. The van der Waals surface area contributed by atoms with Crippen LogP contribution in [0, 0.1) is 12.7 Å². The van der Waals surface area contributed by atoms with E-state index in [-0.39, 0.29) is 11.9 Å². The zero-order chi connectivity index (χ0) is 13.8. The van der Waals surface area contributed by atoms with Gasteiger partial charge in [-0.05, 0) is 61.3 Å². The third-order valence-corrected chi connectivity index (χ3v) is 3.20. The van der Waals surface area contributed by atoms with Gasteiger partial charge in [0.2, 0.25) is 0 Å². The molecule has 0 spiro atoms. The Balaban J connectivity index is 2.51. The minimum atomic E-state index is -0.211. The molecule has 0 radical (unpaired) electrons. The SMILES string of the molecule is CCNC(C)c1ccc(F)cc1-c1ccnc(C)c1. The lowest BCUT2D eigenvalue weighted by molar-refractivity contribution is 0.593. The van der Waals surface area contributed by atoms with Crippen molar-refractivity contribution in [3.05, 3.63) is 53.6 Å². The third-order valence-electron chi connectivity index (χ3n) is 3.20. The van der Waals surface area contributed by atoms with E-state index in [0.29, 0.717) is 0 Å². The van der Waals surface area contributed by atoms with Crippen molar-refractivity contribution in [2.24, 2.45) is 0 Å². The first-order valence-corrected chi connectivity index (χ1v) is 6.57. The predicted octanol–water partition coefficient (Wildman–Crippen LogP) is 3.87. The van der Waals surface area contributed by atoms with Gasteiger partial charge in [-0.25, -0.2) is 4.39 Å². The normalized spacial score (nSPS) is 12.4. The Morgan fingerprint density at radius 3 is 2.74 bits per heavy atom. The molecule has 0 fully saturated rings. The highest BCUT2D eigenvalue weighted by Crippen LogP contribution is 2.29. The summed E-state index contributed by atoms with van der Waals surface area (Å²) in [5.74, 6) is -0.211. The highest BCUT2D eigenvalue weighted by atomic mass is 19.1. The van der Waals surface area contributed by atoms with Crippen LogP contribution in [0.3, 0.4) is 0 Å². The van der Waals surface area contributed by atoms with E-state index in [1.165, 1.54) is 6.07 Å². The van der Waals surface area contributed by atoms with Crippen LogP contribution in [0.2, 0.25) is 0 Å². The van der Waals surface area contributed by atoms with Crippen molar-refractivity contribution >= 4 is 0 Å². The van der Waals surface area contributed by atoms with E-state index >= 15 is 0 Å². The number of benzene rings is 1. The summed E-state index contributed by atoms with van der Waals surface area (Å²) < 4.78 is 13.5. The van der Waals surface area contributed by atoms with Crippen LogP contribution in [0.15, 0.2) is 36.5 Å². The number of hydrogen-bond donors (Lipinski definition) is 1. The average molecular weight is 258 g/mol. The van der Waals surface area contributed by atoms with Gasteiger partial charge in [-0.15, -0.1) is 0 Å². The second-order valence-electron chi connectivity index (χ2n) is 4.70. The fourth-order valence-corrected chi connectivity index (χ4v) is 2.29. The molecule has 2 aromatic rings. The number of aryl methyl sites for hydroxylation is 1. The molecule has 2 rings (SSSR count). The maximum absolute atomic E-state index is 13.5. The summed E-state index contributed by atoms with van der Waals surface area (Å²) in [5, 5.41) is 3.37.